The van der Waals surface area contributed by atoms with E-state index in [0.717, 1.165) is 40.1 Å². The summed E-state index contributed by atoms with van der Waals surface area (Å²) in [6.07, 6.45) is 4.43. The summed E-state index contributed by atoms with van der Waals surface area (Å²) in [5, 5.41) is 18.7. The molecule has 1 saturated heterocycles. The zero-order valence-corrected chi connectivity index (χ0v) is 16.9. The third-order valence-electron chi connectivity index (χ3n) is 5.68. The average molecular weight is 385 g/mol. The molecule has 0 radical (unpaired) electrons. The molecular weight excluding hydrogens is 362 g/mol. The molecule has 146 valence electrons. The highest BCUT2D eigenvalue weighted by atomic mass is 15.2. The van der Waals surface area contributed by atoms with Crippen molar-refractivity contribution in [3.8, 4) is 12.1 Å². The number of pyridine rings is 1. The minimum absolute atomic E-state index is 0.0369. The molecule has 1 atom stereocenters. The standard InChI is InChI=1S/C22H23N7/c1-4-16-7-17(21(10-24)29-12-15(9-23)13-29)5-6-19(16)28(3)22-8-20-18(11-25-22)26-14-27(20)2/h5-8,11,14-15,21H,4,12-13H2,1-3H3. The first-order valence-electron chi connectivity index (χ1n) is 9.72. The Morgan fingerprint density at radius 2 is 2.03 bits per heavy atom. The lowest BCUT2D eigenvalue weighted by Gasteiger charge is -2.38. The van der Waals surface area contributed by atoms with Crippen molar-refractivity contribution in [1.82, 2.24) is 19.4 Å². The topological polar surface area (TPSA) is 84.8 Å². The Labute approximate surface area is 170 Å². The van der Waals surface area contributed by atoms with Gasteiger partial charge in [0.1, 0.15) is 17.4 Å². The highest BCUT2D eigenvalue weighted by Gasteiger charge is 2.33. The minimum Gasteiger partial charge on any atom is -0.334 e. The van der Waals surface area contributed by atoms with Crippen LogP contribution in [0, 0.1) is 28.6 Å². The number of rotatable bonds is 5. The maximum atomic E-state index is 9.70. The summed E-state index contributed by atoms with van der Waals surface area (Å²) in [6.45, 7) is 3.43. The van der Waals surface area contributed by atoms with Crippen LogP contribution >= 0.6 is 0 Å². The van der Waals surface area contributed by atoms with Crippen LogP contribution in [0.5, 0.6) is 0 Å². The second-order valence-corrected chi connectivity index (χ2v) is 7.50. The average Bonchev–Trinajstić information content (AvgIpc) is 3.09. The molecule has 0 spiro atoms. The molecule has 7 heteroatoms. The van der Waals surface area contributed by atoms with E-state index in [1.165, 1.54) is 0 Å². The van der Waals surface area contributed by atoms with Crippen molar-refractivity contribution >= 4 is 22.5 Å². The van der Waals surface area contributed by atoms with Gasteiger partial charge in [0.15, 0.2) is 0 Å². The van der Waals surface area contributed by atoms with Gasteiger partial charge < -0.3 is 9.47 Å². The molecule has 4 rings (SSSR count). The summed E-state index contributed by atoms with van der Waals surface area (Å²) in [5.41, 5.74) is 5.12. The molecule has 0 amide bonds. The number of aryl methyl sites for hydroxylation is 2. The quantitative estimate of drug-likeness (QED) is 0.670. The van der Waals surface area contributed by atoms with Gasteiger partial charge in [-0.2, -0.15) is 10.5 Å². The summed E-state index contributed by atoms with van der Waals surface area (Å²) in [6, 6.07) is 12.6. The first kappa shape index (κ1) is 18.9. The largest absolute Gasteiger partial charge is 0.334 e. The van der Waals surface area contributed by atoms with Crippen molar-refractivity contribution in [2.24, 2.45) is 13.0 Å². The number of nitrogens with zero attached hydrogens (tertiary/aromatic N) is 7. The van der Waals surface area contributed by atoms with Crippen molar-refractivity contribution in [3.05, 3.63) is 47.9 Å². The van der Waals surface area contributed by atoms with E-state index in [2.05, 4.69) is 51.0 Å². The molecule has 3 aromatic rings. The predicted molar refractivity (Wildman–Crippen MR) is 111 cm³/mol. The Bertz CT molecular complexity index is 1130. The maximum absolute atomic E-state index is 9.70. The molecule has 0 aliphatic carbocycles. The molecule has 0 bridgehead atoms. The summed E-state index contributed by atoms with van der Waals surface area (Å²) in [4.78, 5) is 13.0. The normalized spacial score (nSPS) is 15.5. The molecule has 1 aromatic carbocycles. The number of imidazole rings is 1. The van der Waals surface area contributed by atoms with Crippen LogP contribution in [-0.4, -0.2) is 39.6 Å². The molecule has 7 nitrogen and oxygen atoms in total. The summed E-state index contributed by atoms with van der Waals surface area (Å²) >= 11 is 0. The maximum Gasteiger partial charge on any atom is 0.134 e. The van der Waals surface area contributed by atoms with E-state index in [0.29, 0.717) is 13.1 Å². The van der Waals surface area contributed by atoms with E-state index in [-0.39, 0.29) is 12.0 Å². The number of hydrogen-bond donors (Lipinski definition) is 0. The van der Waals surface area contributed by atoms with Crippen molar-refractivity contribution in [2.45, 2.75) is 19.4 Å². The van der Waals surface area contributed by atoms with Crippen LogP contribution in [0.25, 0.3) is 11.0 Å². The lowest BCUT2D eigenvalue weighted by molar-refractivity contribution is 0.106. The fraction of sp³-hybridized carbons (Fsp3) is 0.364. The van der Waals surface area contributed by atoms with Gasteiger partial charge >= 0.3 is 0 Å². The molecule has 1 aliphatic heterocycles. The molecule has 1 fully saturated rings. The Balaban J connectivity index is 1.64. The van der Waals surface area contributed by atoms with E-state index >= 15 is 0 Å². The Morgan fingerprint density at radius 1 is 1.24 bits per heavy atom. The Kier molecular flexibility index (Phi) is 4.92. The lowest BCUT2D eigenvalue weighted by atomic mass is 9.94. The van der Waals surface area contributed by atoms with E-state index in [1.54, 1.807) is 12.5 Å². The molecule has 3 heterocycles. The number of aromatic nitrogens is 3. The van der Waals surface area contributed by atoms with Crippen LogP contribution < -0.4 is 4.90 Å². The van der Waals surface area contributed by atoms with Crippen LogP contribution in [0.3, 0.4) is 0 Å². The second kappa shape index (κ2) is 7.54. The van der Waals surface area contributed by atoms with Gasteiger partial charge in [0, 0.05) is 38.9 Å². The number of anilines is 2. The van der Waals surface area contributed by atoms with Crippen LogP contribution in [0.15, 0.2) is 36.8 Å². The summed E-state index contributed by atoms with van der Waals surface area (Å²) in [7, 11) is 3.98. The zero-order chi connectivity index (χ0) is 20.5. The van der Waals surface area contributed by atoms with E-state index in [9.17, 15) is 5.26 Å². The van der Waals surface area contributed by atoms with Crippen LogP contribution in [0.2, 0.25) is 0 Å². The second-order valence-electron chi connectivity index (χ2n) is 7.50. The molecule has 0 N–H and O–H groups in total. The van der Waals surface area contributed by atoms with Crippen LogP contribution in [0.1, 0.15) is 24.1 Å². The number of hydrogen-bond acceptors (Lipinski definition) is 6. The summed E-state index contributed by atoms with van der Waals surface area (Å²) < 4.78 is 1.98. The third-order valence-corrected chi connectivity index (χ3v) is 5.68. The van der Waals surface area contributed by atoms with Crippen LogP contribution in [-0.2, 0) is 13.5 Å². The number of nitriles is 2. The van der Waals surface area contributed by atoms with Gasteiger partial charge in [0.25, 0.3) is 0 Å². The van der Waals surface area contributed by atoms with Gasteiger partial charge in [-0.15, -0.1) is 0 Å². The molecule has 2 aromatic heterocycles. The van der Waals surface area contributed by atoms with Gasteiger partial charge in [-0.05, 0) is 23.6 Å². The molecule has 1 aliphatic rings. The van der Waals surface area contributed by atoms with Gasteiger partial charge in [0.2, 0.25) is 0 Å². The van der Waals surface area contributed by atoms with E-state index in [4.69, 9.17) is 5.26 Å². The fourth-order valence-corrected chi connectivity index (χ4v) is 3.88. The van der Waals surface area contributed by atoms with E-state index in [1.807, 2.05) is 30.8 Å². The highest BCUT2D eigenvalue weighted by molar-refractivity contribution is 5.79. The molecule has 0 saturated carbocycles. The molecular formula is C22H23N7. The van der Waals surface area contributed by atoms with Crippen molar-refractivity contribution < 1.29 is 0 Å². The molecule has 29 heavy (non-hydrogen) atoms. The Hall–Kier alpha value is -3.42. The highest BCUT2D eigenvalue weighted by Crippen LogP contribution is 2.33. The van der Waals surface area contributed by atoms with Gasteiger partial charge in [-0.3, -0.25) is 4.90 Å². The number of likely N-dealkylation sites (tertiary alicyclic amines) is 1. The minimum atomic E-state index is -0.312. The zero-order valence-electron chi connectivity index (χ0n) is 16.9. The first-order valence-corrected chi connectivity index (χ1v) is 9.72. The van der Waals surface area contributed by atoms with Gasteiger partial charge in [0.05, 0.1) is 36.1 Å². The Morgan fingerprint density at radius 3 is 2.72 bits per heavy atom. The molecule has 1 unspecified atom stereocenters. The van der Waals surface area contributed by atoms with E-state index < -0.39 is 0 Å². The first-order chi connectivity index (χ1) is 14.0. The summed E-state index contributed by atoms with van der Waals surface area (Å²) in [5.74, 6) is 0.884. The number of fused-ring (bicyclic) bond motifs is 1. The monoisotopic (exact) mass is 385 g/mol. The van der Waals surface area contributed by atoms with Gasteiger partial charge in [-0.25, -0.2) is 9.97 Å². The van der Waals surface area contributed by atoms with Crippen molar-refractivity contribution in [1.29, 1.82) is 10.5 Å². The van der Waals surface area contributed by atoms with Crippen molar-refractivity contribution in [3.63, 3.8) is 0 Å². The van der Waals surface area contributed by atoms with Crippen LogP contribution in [0.4, 0.5) is 11.5 Å². The number of benzene rings is 1. The lowest BCUT2D eigenvalue weighted by Crippen LogP contribution is -2.47. The smallest absolute Gasteiger partial charge is 0.134 e. The fourth-order valence-electron chi connectivity index (χ4n) is 3.88. The third kappa shape index (κ3) is 3.30. The SMILES string of the molecule is CCc1cc(C(C#N)N2CC(C#N)C2)ccc1N(C)c1cc2c(cn1)ncn2C. The van der Waals surface area contributed by atoms with Crippen molar-refractivity contribution in [2.75, 3.05) is 25.0 Å². The predicted octanol–water partition coefficient (Wildman–Crippen LogP) is 3.32. The van der Waals surface area contributed by atoms with Gasteiger partial charge in [-0.1, -0.05) is 19.1 Å².